The number of carbonyl (C=O) groups excluding carboxylic acids is 1. The van der Waals surface area contributed by atoms with Crippen molar-refractivity contribution in [1.29, 1.82) is 0 Å². The lowest BCUT2D eigenvalue weighted by Crippen LogP contribution is -2.29. The van der Waals surface area contributed by atoms with E-state index in [0.29, 0.717) is 17.1 Å². The maximum absolute atomic E-state index is 11.3. The minimum Gasteiger partial charge on any atom is -0.542 e. The van der Waals surface area contributed by atoms with Gasteiger partial charge in [-0.1, -0.05) is 0 Å². The third-order valence-electron chi connectivity index (χ3n) is 1.99. The summed E-state index contributed by atoms with van der Waals surface area (Å²) < 4.78 is 11.1. The van der Waals surface area contributed by atoms with Gasteiger partial charge in [0, 0.05) is 5.56 Å². The standard InChI is InChI=1S/C12H18O3Si/c1-9(13)10-6-7-11(14-2)12(8-10)15-16(3,4)5/h6-8H,1-5H3. The Morgan fingerprint density at radius 3 is 2.25 bits per heavy atom. The van der Waals surface area contributed by atoms with Gasteiger partial charge in [0.25, 0.3) is 0 Å². The van der Waals surface area contributed by atoms with Crippen LogP contribution in [0.15, 0.2) is 18.2 Å². The summed E-state index contributed by atoms with van der Waals surface area (Å²) in [5, 5.41) is 0. The number of rotatable bonds is 4. The number of hydrogen-bond donors (Lipinski definition) is 0. The minimum absolute atomic E-state index is 0.0306. The van der Waals surface area contributed by atoms with Crippen molar-refractivity contribution < 1.29 is 14.0 Å². The van der Waals surface area contributed by atoms with E-state index >= 15 is 0 Å². The lowest BCUT2D eigenvalue weighted by molar-refractivity contribution is 0.101. The van der Waals surface area contributed by atoms with Crippen LogP contribution < -0.4 is 9.16 Å². The zero-order valence-corrected chi connectivity index (χ0v) is 11.5. The third-order valence-corrected chi connectivity index (χ3v) is 2.82. The second-order valence-electron chi connectivity index (χ2n) is 4.64. The predicted octanol–water partition coefficient (Wildman–Crippen LogP) is 3.11. The Balaban J connectivity index is 3.12. The van der Waals surface area contributed by atoms with Gasteiger partial charge >= 0.3 is 0 Å². The zero-order chi connectivity index (χ0) is 12.3. The van der Waals surface area contributed by atoms with Crippen molar-refractivity contribution >= 4 is 14.1 Å². The van der Waals surface area contributed by atoms with Crippen LogP contribution in [0.2, 0.25) is 19.6 Å². The summed E-state index contributed by atoms with van der Waals surface area (Å²) in [5.74, 6) is 1.37. The van der Waals surface area contributed by atoms with Gasteiger partial charge in [0.2, 0.25) is 8.32 Å². The molecule has 0 heterocycles. The first-order valence-electron chi connectivity index (χ1n) is 5.21. The molecule has 0 aliphatic rings. The monoisotopic (exact) mass is 238 g/mol. The SMILES string of the molecule is COc1ccc(C(C)=O)cc1O[Si](C)(C)C. The van der Waals surface area contributed by atoms with Crippen LogP contribution in [0.4, 0.5) is 0 Å². The number of methoxy groups -OCH3 is 1. The van der Waals surface area contributed by atoms with Gasteiger partial charge in [-0.25, -0.2) is 0 Å². The highest BCUT2D eigenvalue weighted by molar-refractivity contribution is 6.70. The second kappa shape index (κ2) is 4.70. The molecule has 0 amide bonds. The molecule has 3 nitrogen and oxygen atoms in total. The van der Waals surface area contributed by atoms with Crippen molar-refractivity contribution in [3.63, 3.8) is 0 Å². The van der Waals surface area contributed by atoms with Gasteiger partial charge in [0.1, 0.15) is 5.75 Å². The fourth-order valence-corrected chi connectivity index (χ4v) is 2.12. The largest absolute Gasteiger partial charge is 0.542 e. The molecule has 1 aromatic carbocycles. The van der Waals surface area contributed by atoms with Crippen molar-refractivity contribution in [3.05, 3.63) is 23.8 Å². The van der Waals surface area contributed by atoms with Crippen LogP contribution in [-0.2, 0) is 0 Å². The number of carbonyl (C=O) groups is 1. The van der Waals surface area contributed by atoms with E-state index in [-0.39, 0.29) is 5.78 Å². The van der Waals surface area contributed by atoms with E-state index in [1.54, 1.807) is 32.2 Å². The van der Waals surface area contributed by atoms with Crippen LogP contribution in [-0.4, -0.2) is 21.2 Å². The maximum atomic E-state index is 11.3. The molecule has 0 unspecified atom stereocenters. The molecule has 0 N–H and O–H groups in total. The van der Waals surface area contributed by atoms with Crippen LogP contribution in [0.5, 0.6) is 11.5 Å². The summed E-state index contributed by atoms with van der Waals surface area (Å²) in [4.78, 5) is 11.3. The summed E-state index contributed by atoms with van der Waals surface area (Å²) in [7, 11) is -0.0976. The summed E-state index contributed by atoms with van der Waals surface area (Å²) in [6, 6.07) is 5.27. The Hall–Kier alpha value is -1.29. The Kier molecular flexibility index (Phi) is 3.75. The molecule has 4 heteroatoms. The molecule has 88 valence electrons. The normalized spacial score (nSPS) is 11.1. The molecule has 0 fully saturated rings. The smallest absolute Gasteiger partial charge is 0.242 e. The van der Waals surface area contributed by atoms with E-state index in [1.807, 2.05) is 0 Å². The molecular formula is C12H18O3Si. The van der Waals surface area contributed by atoms with Crippen molar-refractivity contribution in [2.24, 2.45) is 0 Å². The van der Waals surface area contributed by atoms with Gasteiger partial charge in [0.15, 0.2) is 11.5 Å². The van der Waals surface area contributed by atoms with Crippen LogP contribution in [0, 0.1) is 0 Å². The highest BCUT2D eigenvalue weighted by Gasteiger charge is 2.19. The Morgan fingerprint density at radius 1 is 1.19 bits per heavy atom. The second-order valence-corrected chi connectivity index (χ2v) is 9.07. The quantitative estimate of drug-likeness (QED) is 0.597. The van der Waals surface area contributed by atoms with Gasteiger partial charge < -0.3 is 9.16 Å². The van der Waals surface area contributed by atoms with Gasteiger partial charge in [-0.3, -0.25) is 4.79 Å². The lowest BCUT2D eigenvalue weighted by Gasteiger charge is -2.21. The third kappa shape index (κ3) is 3.38. The predicted molar refractivity (Wildman–Crippen MR) is 67.0 cm³/mol. The molecular weight excluding hydrogens is 220 g/mol. The van der Waals surface area contributed by atoms with Crippen LogP contribution in [0.25, 0.3) is 0 Å². The zero-order valence-electron chi connectivity index (χ0n) is 10.5. The first-order chi connectivity index (χ1) is 7.33. The first-order valence-corrected chi connectivity index (χ1v) is 8.62. The molecule has 0 saturated carbocycles. The average molecular weight is 238 g/mol. The first kappa shape index (κ1) is 12.8. The summed E-state index contributed by atoms with van der Waals surface area (Å²) in [5.41, 5.74) is 0.647. The molecule has 1 aromatic rings. The minimum atomic E-state index is -1.69. The number of Topliss-reactive ketones (excluding diaryl/α,β-unsaturated/α-hetero) is 1. The van der Waals surface area contributed by atoms with Gasteiger partial charge in [-0.15, -0.1) is 0 Å². The molecule has 1 rings (SSSR count). The number of ether oxygens (including phenoxy) is 1. The maximum Gasteiger partial charge on any atom is 0.242 e. The molecule has 0 aromatic heterocycles. The van der Waals surface area contributed by atoms with E-state index < -0.39 is 8.32 Å². The summed E-state index contributed by atoms with van der Waals surface area (Å²) >= 11 is 0. The van der Waals surface area contributed by atoms with Gasteiger partial charge in [-0.2, -0.15) is 0 Å². The Labute approximate surface area is 97.5 Å². The molecule has 0 spiro atoms. The molecule has 0 aliphatic heterocycles. The molecule has 0 atom stereocenters. The molecule has 0 radical (unpaired) electrons. The number of ketones is 1. The lowest BCUT2D eigenvalue weighted by atomic mass is 10.1. The number of hydrogen-bond acceptors (Lipinski definition) is 3. The van der Waals surface area contributed by atoms with E-state index in [1.165, 1.54) is 0 Å². The van der Waals surface area contributed by atoms with E-state index in [9.17, 15) is 4.79 Å². The summed E-state index contributed by atoms with van der Waals surface area (Å²) in [6.45, 7) is 7.81. The van der Waals surface area contributed by atoms with Crippen LogP contribution in [0.1, 0.15) is 17.3 Å². The topological polar surface area (TPSA) is 35.5 Å². The molecule has 0 aliphatic carbocycles. The highest BCUT2D eigenvalue weighted by Crippen LogP contribution is 2.30. The highest BCUT2D eigenvalue weighted by atomic mass is 28.4. The Bertz CT molecular complexity index is 394. The van der Waals surface area contributed by atoms with E-state index in [2.05, 4.69) is 19.6 Å². The van der Waals surface area contributed by atoms with Crippen molar-refractivity contribution in [2.75, 3.05) is 7.11 Å². The Morgan fingerprint density at radius 2 is 1.81 bits per heavy atom. The van der Waals surface area contributed by atoms with Gasteiger partial charge in [-0.05, 0) is 44.8 Å². The van der Waals surface area contributed by atoms with Crippen molar-refractivity contribution in [3.8, 4) is 11.5 Å². The average Bonchev–Trinajstić information content (AvgIpc) is 2.15. The number of benzene rings is 1. The van der Waals surface area contributed by atoms with Crippen LogP contribution in [0.3, 0.4) is 0 Å². The van der Waals surface area contributed by atoms with E-state index in [0.717, 1.165) is 0 Å². The molecule has 0 saturated heterocycles. The van der Waals surface area contributed by atoms with Crippen molar-refractivity contribution in [1.82, 2.24) is 0 Å². The van der Waals surface area contributed by atoms with Crippen LogP contribution >= 0.6 is 0 Å². The van der Waals surface area contributed by atoms with Crippen molar-refractivity contribution in [2.45, 2.75) is 26.6 Å². The molecule has 16 heavy (non-hydrogen) atoms. The summed E-state index contributed by atoms with van der Waals surface area (Å²) in [6.07, 6.45) is 0. The van der Waals surface area contributed by atoms with Gasteiger partial charge in [0.05, 0.1) is 7.11 Å². The van der Waals surface area contributed by atoms with E-state index in [4.69, 9.17) is 9.16 Å². The fourth-order valence-electron chi connectivity index (χ4n) is 1.31. The molecule has 0 bridgehead atoms. The fraction of sp³-hybridized carbons (Fsp3) is 0.417.